The van der Waals surface area contributed by atoms with E-state index in [0.717, 1.165) is 42.0 Å². The van der Waals surface area contributed by atoms with Gasteiger partial charge in [0.15, 0.2) is 17.1 Å². The average Bonchev–Trinajstić information content (AvgIpc) is 2.95. The average molecular weight is 507 g/mol. The van der Waals surface area contributed by atoms with Gasteiger partial charge in [-0.2, -0.15) is 0 Å². The summed E-state index contributed by atoms with van der Waals surface area (Å²) in [5.41, 5.74) is 4.42. The van der Waals surface area contributed by atoms with Crippen molar-refractivity contribution in [2.24, 2.45) is 0 Å². The van der Waals surface area contributed by atoms with Crippen LogP contribution in [0.4, 0.5) is 0 Å². The van der Waals surface area contributed by atoms with Crippen molar-refractivity contribution in [3.63, 3.8) is 0 Å². The van der Waals surface area contributed by atoms with Crippen LogP contribution in [-0.4, -0.2) is 27.7 Å². The minimum Gasteiger partial charge on any atom is -0.490 e. The molecule has 5 nitrogen and oxygen atoms in total. The highest BCUT2D eigenvalue weighted by molar-refractivity contribution is 9.11. The summed E-state index contributed by atoms with van der Waals surface area (Å²) in [5.74, 6) is 1.39. The van der Waals surface area contributed by atoms with Crippen molar-refractivity contribution in [3.05, 3.63) is 33.2 Å². The molecule has 2 aromatic heterocycles. The van der Waals surface area contributed by atoms with Crippen molar-refractivity contribution in [3.8, 4) is 11.5 Å². The normalized spacial score (nSPS) is 11.8. The molecular weight excluding hydrogens is 486 g/mol. The summed E-state index contributed by atoms with van der Waals surface area (Å²) >= 11 is 7.32. The van der Waals surface area contributed by atoms with Gasteiger partial charge >= 0.3 is 0 Å². The standard InChI is InChI=1S/C21H21Br2N3O2/c1-5-27-17-9-15-16(10-18(17)28-6-2)25-21-19(24-15)13-7-12(22)8-14(23)20(13)26(21)11(3)4/h7-11H,5-6H2,1-4H3. The Morgan fingerprint density at radius 3 is 2.11 bits per heavy atom. The first-order valence-corrected chi connectivity index (χ1v) is 10.9. The van der Waals surface area contributed by atoms with Crippen molar-refractivity contribution in [1.82, 2.24) is 14.5 Å². The maximum absolute atomic E-state index is 5.77. The number of benzene rings is 2. The Balaban J connectivity index is 2.12. The van der Waals surface area contributed by atoms with Gasteiger partial charge in [0.1, 0.15) is 5.52 Å². The van der Waals surface area contributed by atoms with Crippen LogP contribution in [0.3, 0.4) is 0 Å². The van der Waals surface area contributed by atoms with Crippen LogP contribution in [0, 0.1) is 0 Å². The van der Waals surface area contributed by atoms with Crippen LogP contribution in [0.5, 0.6) is 11.5 Å². The molecule has 4 rings (SSSR count). The van der Waals surface area contributed by atoms with Gasteiger partial charge in [-0.05, 0) is 55.8 Å². The van der Waals surface area contributed by atoms with E-state index in [-0.39, 0.29) is 6.04 Å². The van der Waals surface area contributed by atoms with Crippen LogP contribution < -0.4 is 9.47 Å². The SMILES string of the molecule is CCOc1cc2nc3c4cc(Br)cc(Br)c4n(C(C)C)c3nc2cc1OCC. The fraction of sp³-hybridized carbons (Fsp3) is 0.333. The van der Waals surface area contributed by atoms with E-state index in [2.05, 4.69) is 62.4 Å². The van der Waals surface area contributed by atoms with Gasteiger partial charge in [-0.15, -0.1) is 0 Å². The molecule has 4 aromatic rings. The summed E-state index contributed by atoms with van der Waals surface area (Å²) in [5, 5.41) is 1.06. The smallest absolute Gasteiger partial charge is 0.163 e. The quantitative estimate of drug-likeness (QED) is 0.304. The Hall–Kier alpha value is -1.86. The lowest BCUT2D eigenvalue weighted by Gasteiger charge is -2.13. The molecule has 146 valence electrons. The maximum Gasteiger partial charge on any atom is 0.163 e. The lowest BCUT2D eigenvalue weighted by molar-refractivity contribution is 0.288. The Morgan fingerprint density at radius 2 is 1.54 bits per heavy atom. The molecule has 0 atom stereocenters. The van der Waals surface area contributed by atoms with Crippen molar-refractivity contribution in [2.75, 3.05) is 13.2 Å². The topological polar surface area (TPSA) is 49.2 Å². The third-order valence-corrected chi connectivity index (χ3v) is 5.64. The minimum atomic E-state index is 0.235. The van der Waals surface area contributed by atoms with Gasteiger partial charge in [0.2, 0.25) is 0 Å². The number of ether oxygens (including phenoxy) is 2. The van der Waals surface area contributed by atoms with Gasteiger partial charge in [0, 0.05) is 32.5 Å². The molecule has 0 aliphatic carbocycles. The summed E-state index contributed by atoms with van der Waals surface area (Å²) in [4.78, 5) is 9.95. The molecule has 0 fully saturated rings. The fourth-order valence-corrected chi connectivity index (χ4v) is 4.96. The molecule has 0 saturated carbocycles. The first kappa shape index (κ1) is 19.5. The predicted octanol–water partition coefficient (Wildman–Crippen LogP) is 6.64. The predicted molar refractivity (Wildman–Crippen MR) is 121 cm³/mol. The van der Waals surface area contributed by atoms with Crippen LogP contribution in [0.15, 0.2) is 33.2 Å². The van der Waals surface area contributed by atoms with E-state index in [4.69, 9.17) is 19.4 Å². The summed E-state index contributed by atoms with van der Waals surface area (Å²) < 4.78 is 15.8. The molecule has 0 amide bonds. The van der Waals surface area contributed by atoms with Gasteiger partial charge in [-0.25, -0.2) is 9.97 Å². The van der Waals surface area contributed by atoms with Crippen molar-refractivity contribution in [2.45, 2.75) is 33.7 Å². The monoisotopic (exact) mass is 505 g/mol. The molecule has 0 N–H and O–H groups in total. The van der Waals surface area contributed by atoms with Gasteiger partial charge in [-0.1, -0.05) is 15.9 Å². The molecule has 0 bridgehead atoms. The molecule has 0 saturated heterocycles. The first-order chi connectivity index (χ1) is 13.4. The van der Waals surface area contributed by atoms with Gasteiger partial charge in [0.25, 0.3) is 0 Å². The molecule has 0 radical (unpaired) electrons. The van der Waals surface area contributed by atoms with Crippen molar-refractivity contribution < 1.29 is 9.47 Å². The van der Waals surface area contributed by atoms with Crippen LogP contribution in [0.2, 0.25) is 0 Å². The second-order valence-corrected chi connectivity index (χ2v) is 8.57. The molecule has 0 aliphatic heterocycles. The number of nitrogens with zero attached hydrogens (tertiary/aromatic N) is 3. The minimum absolute atomic E-state index is 0.235. The molecule has 0 aliphatic rings. The maximum atomic E-state index is 5.77. The van der Waals surface area contributed by atoms with Crippen LogP contribution >= 0.6 is 31.9 Å². The lowest BCUT2D eigenvalue weighted by Crippen LogP contribution is -2.03. The van der Waals surface area contributed by atoms with E-state index < -0.39 is 0 Å². The zero-order valence-corrected chi connectivity index (χ0v) is 19.4. The number of halogens is 2. The molecule has 28 heavy (non-hydrogen) atoms. The van der Waals surface area contributed by atoms with E-state index in [1.807, 2.05) is 26.0 Å². The Labute approximate surface area is 180 Å². The highest BCUT2D eigenvalue weighted by Gasteiger charge is 2.20. The molecular formula is C21H21Br2N3O2. The van der Waals surface area contributed by atoms with E-state index in [1.54, 1.807) is 0 Å². The zero-order chi connectivity index (χ0) is 20.0. The fourth-order valence-electron chi connectivity index (χ4n) is 3.54. The van der Waals surface area contributed by atoms with E-state index in [9.17, 15) is 0 Å². The Kier molecular flexibility index (Phi) is 5.22. The van der Waals surface area contributed by atoms with Gasteiger partial charge in [0.05, 0.1) is 29.8 Å². The van der Waals surface area contributed by atoms with E-state index in [1.165, 1.54) is 0 Å². The third-order valence-electron chi connectivity index (χ3n) is 4.58. The highest BCUT2D eigenvalue weighted by Crippen LogP contribution is 2.39. The number of aromatic nitrogens is 3. The second-order valence-electron chi connectivity index (χ2n) is 6.80. The largest absolute Gasteiger partial charge is 0.490 e. The van der Waals surface area contributed by atoms with Gasteiger partial charge < -0.3 is 14.0 Å². The van der Waals surface area contributed by atoms with Crippen molar-refractivity contribution in [1.29, 1.82) is 0 Å². The molecule has 2 aromatic carbocycles. The van der Waals surface area contributed by atoms with E-state index in [0.29, 0.717) is 24.7 Å². The highest BCUT2D eigenvalue weighted by atomic mass is 79.9. The van der Waals surface area contributed by atoms with E-state index >= 15 is 0 Å². The first-order valence-electron chi connectivity index (χ1n) is 9.34. The molecule has 7 heteroatoms. The lowest BCUT2D eigenvalue weighted by atomic mass is 10.2. The number of hydrogen-bond donors (Lipinski definition) is 0. The Morgan fingerprint density at radius 1 is 0.929 bits per heavy atom. The van der Waals surface area contributed by atoms with Gasteiger partial charge in [-0.3, -0.25) is 0 Å². The Bertz CT molecular complexity index is 1200. The summed E-state index contributed by atoms with van der Waals surface area (Å²) in [6.07, 6.45) is 0. The van der Waals surface area contributed by atoms with Crippen LogP contribution in [0.25, 0.3) is 33.1 Å². The van der Waals surface area contributed by atoms with Crippen LogP contribution in [0.1, 0.15) is 33.7 Å². The number of rotatable bonds is 5. The number of hydrogen-bond acceptors (Lipinski definition) is 4. The third kappa shape index (κ3) is 3.14. The summed E-state index contributed by atoms with van der Waals surface area (Å²) in [6, 6.07) is 8.23. The van der Waals surface area contributed by atoms with Crippen molar-refractivity contribution >= 4 is 65.0 Å². The number of fused-ring (bicyclic) bond motifs is 4. The molecule has 0 unspecified atom stereocenters. The molecule has 2 heterocycles. The second kappa shape index (κ2) is 7.52. The summed E-state index contributed by atoms with van der Waals surface area (Å²) in [6.45, 7) is 9.36. The zero-order valence-electron chi connectivity index (χ0n) is 16.2. The summed E-state index contributed by atoms with van der Waals surface area (Å²) in [7, 11) is 0. The molecule has 0 spiro atoms. The van der Waals surface area contributed by atoms with Crippen LogP contribution in [-0.2, 0) is 0 Å².